The van der Waals surface area contributed by atoms with E-state index in [4.69, 9.17) is 22.3 Å². The first-order valence-electron chi connectivity index (χ1n) is 25.5. The van der Waals surface area contributed by atoms with Crippen LogP contribution >= 0.6 is 0 Å². The highest BCUT2D eigenvalue weighted by Crippen LogP contribution is 2.20. The predicted octanol–water partition coefficient (Wildman–Crippen LogP) is -1.70. The minimum absolute atomic E-state index is 0.0439. The third-order valence-corrected chi connectivity index (χ3v) is 12.6. The van der Waals surface area contributed by atoms with Crippen molar-refractivity contribution in [1.82, 2.24) is 42.1 Å². The van der Waals surface area contributed by atoms with Crippen molar-refractivity contribution in [2.75, 3.05) is 19.6 Å². The van der Waals surface area contributed by atoms with Crippen molar-refractivity contribution in [3.8, 4) is 0 Å². The lowest BCUT2D eigenvalue weighted by molar-refractivity contribution is -0.142. The molecule has 1 heterocycles. The maximum Gasteiger partial charge on any atom is 0.326 e. The Morgan fingerprint density at radius 2 is 0.961 bits per heavy atom. The first kappa shape index (κ1) is 62.8. The molecule has 1 aliphatic rings. The summed E-state index contributed by atoms with van der Waals surface area (Å²) in [6.45, 7) is 3.39. The average Bonchev–Trinajstić information content (AvgIpc) is 3.88. The Bertz CT molecular complexity index is 2290. The number of carboxylic acid groups (broad SMARTS) is 3. The van der Waals surface area contributed by atoms with Gasteiger partial charge in [-0.3, -0.25) is 47.9 Å². The van der Waals surface area contributed by atoms with Crippen molar-refractivity contribution in [2.24, 2.45) is 17.2 Å². The molecule has 418 valence electrons. The number of amides is 8. The molecule has 0 unspecified atom stereocenters. The van der Waals surface area contributed by atoms with Crippen LogP contribution in [0, 0.1) is 0 Å². The number of hydrogen-bond donors (Lipinski definition) is 13. The zero-order chi connectivity index (χ0) is 56.3. The second-order valence-electron chi connectivity index (χ2n) is 18.7. The van der Waals surface area contributed by atoms with Crippen molar-refractivity contribution in [1.29, 1.82) is 0 Å². The van der Waals surface area contributed by atoms with Crippen LogP contribution in [0.2, 0.25) is 0 Å². The lowest BCUT2D eigenvalue weighted by Gasteiger charge is -2.29. The Kier molecular flexibility index (Phi) is 27.0. The van der Waals surface area contributed by atoms with Gasteiger partial charge in [0.25, 0.3) is 0 Å². The number of nitrogens with one attached hydrogen (secondary N) is 7. The van der Waals surface area contributed by atoms with Gasteiger partial charge in [0.15, 0.2) is 0 Å². The average molecular weight is 1070 g/mol. The molecule has 1 saturated heterocycles. The molecule has 0 aromatic heterocycles. The van der Waals surface area contributed by atoms with Crippen molar-refractivity contribution in [3.05, 3.63) is 71.8 Å². The van der Waals surface area contributed by atoms with Crippen LogP contribution in [0.1, 0.15) is 102 Å². The molecular weight excluding hydrogens is 991 g/mol. The molecule has 0 spiro atoms. The largest absolute Gasteiger partial charge is 0.481 e. The number of carbonyl (C=O) groups is 11. The van der Waals surface area contributed by atoms with E-state index in [-0.39, 0.29) is 58.0 Å². The van der Waals surface area contributed by atoms with Crippen molar-refractivity contribution in [3.63, 3.8) is 0 Å². The van der Waals surface area contributed by atoms with E-state index in [1.165, 1.54) is 18.7 Å². The lowest BCUT2D eigenvalue weighted by Crippen LogP contribution is -2.60. The van der Waals surface area contributed by atoms with Crippen molar-refractivity contribution >= 4 is 65.2 Å². The highest BCUT2D eigenvalue weighted by molar-refractivity contribution is 5.98. The van der Waals surface area contributed by atoms with E-state index in [0.29, 0.717) is 49.8 Å². The number of benzene rings is 2. The number of unbranched alkanes of at least 4 members (excludes halogenated alkanes) is 2. The number of carboxylic acids is 3. The summed E-state index contributed by atoms with van der Waals surface area (Å²) in [5, 5.41) is 46.3. The fourth-order valence-electron chi connectivity index (χ4n) is 8.27. The topological polar surface area (TPSA) is 414 Å². The van der Waals surface area contributed by atoms with Gasteiger partial charge in [-0.05, 0) is 102 Å². The molecule has 0 saturated carbocycles. The first-order chi connectivity index (χ1) is 36.1. The molecule has 76 heavy (non-hydrogen) atoms. The van der Waals surface area contributed by atoms with E-state index in [0.717, 1.165) is 0 Å². The molecule has 8 amide bonds. The zero-order valence-corrected chi connectivity index (χ0v) is 43.0. The molecule has 25 nitrogen and oxygen atoms in total. The minimum Gasteiger partial charge on any atom is -0.481 e. The fourth-order valence-corrected chi connectivity index (χ4v) is 8.27. The zero-order valence-electron chi connectivity index (χ0n) is 43.0. The normalized spacial score (nSPS) is 16.2. The van der Waals surface area contributed by atoms with E-state index < -0.39 is 132 Å². The molecule has 3 rings (SSSR count). The van der Waals surface area contributed by atoms with E-state index in [2.05, 4.69) is 37.2 Å². The van der Waals surface area contributed by atoms with Gasteiger partial charge < -0.3 is 74.6 Å². The maximum atomic E-state index is 14.3. The second kappa shape index (κ2) is 32.7. The van der Waals surface area contributed by atoms with Gasteiger partial charge in [0, 0.05) is 32.2 Å². The summed E-state index contributed by atoms with van der Waals surface area (Å²) in [6, 6.07) is 5.28. The summed E-state index contributed by atoms with van der Waals surface area (Å²) >= 11 is 0. The molecule has 0 bridgehead atoms. The number of likely N-dealkylation sites (tertiary alicyclic amines) is 1. The molecule has 16 N–H and O–H groups in total. The highest BCUT2D eigenvalue weighted by Gasteiger charge is 2.39. The summed E-state index contributed by atoms with van der Waals surface area (Å²) in [7, 11) is 0. The quantitative estimate of drug-likeness (QED) is 0.0347. The lowest BCUT2D eigenvalue weighted by atomic mass is 10.0. The number of rotatable bonds is 34. The van der Waals surface area contributed by atoms with Gasteiger partial charge in [0.1, 0.15) is 48.3 Å². The Balaban J connectivity index is 1.83. The van der Waals surface area contributed by atoms with E-state index >= 15 is 0 Å². The Hall–Kier alpha value is -7.51. The van der Waals surface area contributed by atoms with Gasteiger partial charge in [-0.25, -0.2) is 4.79 Å². The molecule has 25 heteroatoms. The van der Waals surface area contributed by atoms with E-state index in [1.54, 1.807) is 60.7 Å². The standard InChI is InChI=1S/C51H75N11O14/c1-30(43(67)60-38(28-32-14-5-3-6-15-32)48(72)59-37(51(75)76)19-10-12-26-53)55-45(69)36(22-24-42(65)66)57-47(71)39(29-33-16-7-4-8-17-33)61-46(70)35(18-9-11-25-52)58-49(73)40-20-13-27-62(40)50(74)31(2)56-44(68)34(54)21-23-41(63)64/h3-8,14-17,30-31,34-40H,9-13,18-29,52-54H2,1-2H3,(H,55,69)(H,56,68)(H,57,71)(H,58,73)(H,59,72)(H,60,67)(H,61,70)(H,63,64)(H,65,66)(H,75,76)/t30-,31-,34-,35-,36-,37-,38-,39-,40-/m0/s1. The molecule has 9 atom stereocenters. The van der Waals surface area contributed by atoms with Crippen LogP contribution in [-0.2, 0) is 65.6 Å². The fraction of sp³-hybridized carbons (Fsp3) is 0.549. The molecule has 0 radical (unpaired) electrons. The molecule has 0 aliphatic carbocycles. The Morgan fingerprint density at radius 1 is 0.526 bits per heavy atom. The summed E-state index contributed by atoms with van der Waals surface area (Å²) < 4.78 is 0. The first-order valence-corrected chi connectivity index (χ1v) is 25.5. The maximum absolute atomic E-state index is 14.3. The number of nitrogens with two attached hydrogens (primary N) is 3. The number of aliphatic carboxylic acids is 3. The van der Waals surface area contributed by atoms with Gasteiger partial charge in [-0.15, -0.1) is 0 Å². The van der Waals surface area contributed by atoms with Crippen molar-refractivity contribution < 1.29 is 68.1 Å². The SMILES string of the molecule is C[C@H](NC(=O)[C@H](CCC(=O)O)NC(=O)[C@H](Cc1ccccc1)NC(=O)[C@H](CCCCN)NC(=O)[C@@H]1CCCN1C(=O)[C@H](C)NC(=O)[C@@H](N)CCC(=O)O)C(=O)N[C@@H](Cc1ccccc1)C(=O)N[C@@H](CCCCN)C(=O)O. The van der Waals surface area contributed by atoms with Gasteiger partial charge in [0.2, 0.25) is 47.3 Å². The number of carbonyl (C=O) groups excluding carboxylic acids is 8. The monoisotopic (exact) mass is 1070 g/mol. The van der Waals surface area contributed by atoms with E-state index in [9.17, 15) is 63.0 Å². The third kappa shape index (κ3) is 21.8. The second-order valence-corrected chi connectivity index (χ2v) is 18.7. The van der Waals surface area contributed by atoms with Crippen LogP contribution in [0.5, 0.6) is 0 Å². The Labute approximate surface area is 441 Å². The molecule has 2 aromatic rings. The number of nitrogens with zero attached hydrogens (tertiary/aromatic N) is 1. The van der Waals surface area contributed by atoms with Gasteiger partial charge >= 0.3 is 17.9 Å². The van der Waals surface area contributed by atoms with Crippen LogP contribution in [0.15, 0.2) is 60.7 Å². The van der Waals surface area contributed by atoms with Crippen LogP contribution in [0.25, 0.3) is 0 Å². The highest BCUT2D eigenvalue weighted by atomic mass is 16.4. The predicted molar refractivity (Wildman–Crippen MR) is 275 cm³/mol. The summed E-state index contributed by atoms with van der Waals surface area (Å²) in [5.74, 6) is -10.3. The van der Waals surface area contributed by atoms with Gasteiger partial charge in [-0.2, -0.15) is 0 Å². The molecule has 2 aromatic carbocycles. The summed E-state index contributed by atoms with van der Waals surface area (Å²) in [5.41, 5.74) is 18.3. The summed E-state index contributed by atoms with van der Waals surface area (Å²) in [6.07, 6.45) is 0.620. The molecule has 1 fully saturated rings. The van der Waals surface area contributed by atoms with Crippen LogP contribution in [0.4, 0.5) is 0 Å². The smallest absolute Gasteiger partial charge is 0.326 e. The van der Waals surface area contributed by atoms with Crippen LogP contribution < -0.4 is 54.4 Å². The van der Waals surface area contributed by atoms with Crippen molar-refractivity contribution in [2.45, 2.75) is 158 Å². The van der Waals surface area contributed by atoms with Gasteiger partial charge in [0.05, 0.1) is 6.04 Å². The van der Waals surface area contributed by atoms with E-state index in [1.807, 2.05) is 0 Å². The molecule has 1 aliphatic heterocycles. The van der Waals surface area contributed by atoms with Gasteiger partial charge in [-0.1, -0.05) is 60.7 Å². The number of hydrogen-bond acceptors (Lipinski definition) is 14. The minimum atomic E-state index is -1.60. The Morgan fingerprint density at radius 3 is 1.47 bits per heavy atom. The molecular formula is C51H75N11O14. The van der Waals surface area contributed by atoms with Crippen LogP contribution in [0.3, 0.4) is 0 Å². The van der Waals surface area contributed by atoms with Crippen LogP contribution in [-0.4, -0.2) is 159 Å². The third-order valence-electron chi connectivity index (χ3n) is 12.6. The summed E-state index contributed by atoms with van der Waals surface area (Å²) in [4.78, 5) is 146.